The van der Waals surface area contributed by atoms with E-state index in [2.05, 4.69) is 0 Å². The fourth-order valence-electron chi connectivity index (χ4n) is 3.37. The van der Waals surface area contributed by atoms with Gasteiger partial charge in [-0.1, -0.05) is 36.4 Å². The zero-order valence-electron chi connectivity index (χ0n) is 21.2. The van der Waals surface area contributed by atoms with Crippen LogP contribution in [0.25, 0.3) is 11.3 Å². The number of benzene rings is 2. The van der Waals surface area contributed by atoms with Gasteiger partial charge in [0.1, 0.15) is 17.8 Å². The molecule has 0 aliphatic heterocycles. The van der Waals surface area contributed by atoms with Crippen molar-refractivity contribution in [2.45, 2.75) is 31.6 Å². The fourth-order valence-corrected chi connectivity index (χ4v) is 3.37. The van der Waals surface area contributed by atoms with Crippen molar-refractivity contribution in [2.75, 3.05) is 33.9 Å². The number of furan rings is 1. The second kappa shape index (κ2) is 15.6. The summed E-state index contributed by atoms with van der Waals surface area (Å²) >= 11 is 0. The third-order valence-electron chi connectivity index (χ3n) is 5.56. The van der Waals surface area contributed by atoms with Gasteiger partial charge in [0.05, 0.1) is 25.0 Å². The summed E-state index contributed by atoms with van der Waals surface area (Å²) in [6.07, 6.45) is 4.65. The van der Waals surface area contributed by atoms with Crippen LogP contribution < -0.4 is 4.74 Å². The van der Waals surface area contributed by atoms with Crippen LogP contribution in [-0.2, 0) is 15.4 Å². The molecule has 1 aromatic heterocycles. The van der Waals surface area contributed by atoms with Crippen molar-refractivity contribution in [1.29, 1.82) is 0 Å². The molecule has 1 heterocycles. The van der Waals surface area contributed by atoms with Gasteiger partial charge in [-0.25, -0.2) is 4.90 Å². The molecule has 2 aromatic carbocycles. The Morgan fingerprint density at radius 2 is 1.73 bits per heavy atom. The second-order valence-electron chi connectivity index (χ2n) is 8.32. The van der Waals surface area contributed by atoms with E-state index in [0.717, 1.165) is 24.0 Å². The summed E-state index contributed by atoms with van der Waals surface area (Å²) in [5, 5.41) is 29.5. The molecule has 0 saturated carbocycles. The number of unbranched alkanes of at least 4 members (excludes halogenated alkanes) is 2. The van der Waals surface area contributed by atoms with Crippen LogP contribution in [0.15, 0.2) is 71.3 Å². The van der Waals surface area contributed by atoms with E-state index in [-0.39, 0.29) is 12.0 Å². The molecule has 0 unspecified atom stereocenters. The molecule has 3 aromatic rings. The van der Waals surface area contributed by atoms with Crippen LogP contribution in [0.2, 0.25) is 0 Å². The van der Waals surface area contributed by atoms with Crippen LogP contribution >= 0.6 is 0 Å². The van der Waals surface area contributed by atoms with Gasteiger partial charge in [0.25, 0.3) is 5.91 Å². The number of carbonyl (C=O) groups is 2. The molecule has 0 amide bonds. The van der Waals surface area contributed by atoms with Gasteiger partial charge in [-0.2, -0.15) is 0 Å². The Labute approximate surface area is 216 Å². The molecule has 9 heteroatoms. The topological polar surface area (TPSA) is 130 Å². The molecule has 0 aliphatic rings. The van der Waals surface area contributed by atoms with Crippen LogP contribution in [0.1, 0.15) is 41.6 Å². The summed E-state index contributed by atoms with van der Waals surface area (Å²) < 4.78 is 15.8. The maximum absolute atomic E-state index is 10.4. The van der Waals surface area contributed by atoms with Gasteiger partial charge in [0.15, 0.2) is 0 Å². The number of carboxylic acids is 1. The number of aliphatic carboxylic acids is 1. The number of ether oxygens (including phenoxy) is 2. The van der Waals surface area contributed by atoms with Crippen molar-refractivity contribution in [1.82, 2.24) is 4.90 Å². The van der Waals surface area contributed by atoms with Gasteiger partial charge in [0, 0.05) is 31.2 Å². The predicted molar refractivity (Wildman–Crippen MR) is 138 cm³/mol. The zero-order chi connectivity index (χ0) is 27.1. The zero-order valence-corrected chi connectivity index (χ0v) is 21.2. The van der Waals surface area contributed by atoms with Crippen molar-refractivity contribution in [3.05, 3.63) is 78.1 Å². The first-order chi connectivity index (χ1) is 17.8. The van der Waals surface area contributed by atoms with Gasteiger partial charge in [0.2, 0.25) is 0 Å². The summed E-state index contributed by atoms with van der Waals surface area (Å²) in [7, 11) is 3.13. The number of carboxylic acid groups (broad SMARTS) is 1. The van der Waals surface area contributed by atoms with Crippen molar-refractivity contribution < 1.29 is 38.8 Å². The number of nitrogens with zero attached hydrogens (tertiary/aromatic N) is 1. The molecule has 0 spiro atoms. The summed E-state index contributed by atoms with van der Waals surface area (Å²) in [6, 6.07) is 17.7. The number of rotatable bonds is 14. The third kappa shape index (κ3) is 9.82. The van der Waals surface area contributed by atoms with Crippen LogP contribution in [0.3, 0.4) is 0 Å². The van der Waals surface area contributed by atoms with Gasteiger partial charge < -0.3 is 29.2 Å². The highest BCUT2D eigenvalue weighted by molar-refractivity contribution is 5.76. The largest absolute Gasteiger partial charge is 0.493 e. The van der Waals surface area contributed by atoms with E-state index >= 15 is 0 Å². The molecule has 0 aliphatic carbocycles. The van der Waals surface area contributed by atoms with Crippen molar-refractivity contribution >= 4 is 12.3 Å². The minimum absolute atomic E-state index is 0.150. The van der Waals surface area contributed by atoms with Crippen LogP contribution in [0.4, 0.5) is 0 Å². The SMILES string of the molecule is COCCN(C)C(O)(O)c1ccccc1OCCCCCC(=O)O.O=Cc1ccc(-c2ccco2)cc1. The minimum atomic E-state index is -2.17. The lowest BCUT2D eigenvalue weighted by molar-refractivity contribution is -0.269. The first-order valence-electron chi connectivity index (χ1n) is 12.0. The standard InChI is InChI=1S/C17H27NO6.C11H8O2/c1-18(11-13-23-2)17(21,22)14-8-5-6-9-15(14)24-12-7-3-4-10-16(19)20;12-8-9-3-5-10(6-4-9)11-2-1-7-13-11/h5-6,8-9,21-22H,3-4,7,10-13H2,1-2H3,(H,19,20);1-8H. The molecule has 3 N–H and O–H groups in total. The quantitative estimate of drug-likeness (QED) is 0.165. The highest BCUT2D eigenvalue weighted by Gasteiger charge is 2.34. The van der Waals surface area contributed by atoms with Gasteiger partial charge in [-0.3, -0.25) is 9.59 Å². The number of methoxy groups -OCH3 is 1. The Balaban J connectivity index is 0.000000308. The van der Waals surface area contributed by atoms with E-state index in [0.29, 0.717) is 43.9 Å². The highest BCUT2D eigenvalue weighted by Crippen LogP contribution is 2.30. The molecular formula is C28H35NO8. The number of para-hydroxylation sites is 1. The number of aldehydes is 1. The molecule has 37 heavy (non-hydrogen) atoms. The lowest BCUT2D eigenvalue weighted by Crippen LogP contribution is -2.45. The molecular weight excluding hydrogens is 478 g/mol. The first-order valence-corrected chi connectivity index (χ1v) is 12.0. The number of aliphatic hydroxyl groups is 2. The van der Waals surface area contributed by atoms with Gasteiger partial charge >= 0.3 is 5.97 Å². The average molecular weight is 514 g/mol. The summed E-state index contributed by atoms with van der Waals surface area (Å²) in [4.78, 5) is 22.2. The van der Waals surface area contributed by atoms with E-state index in [1.807, 2.05) is 24.3 Å². The number of hydrogen-bond donors (Lipinski definition) is 3. The predicted octanol–water partition coefficient (Wildman–Crippen LogP) is 4.14. The van der Waals surface area contributed by atoms with Crippen LogP contribution in [0.5, 0.6) is 5.75 Å². The fraction of sp³-hybridized carbons (Fsp3) is 0.357. The van der Waals surface area contributed by atoms with Gasteiger partial charge in [-0.05, 0) is 50.6 Å². The summed E-state index contributed by atoms with van der Waals surface area (Å²) in [5.41, 5.74) is 1.92. The monoisotopic (exact) mass is 513 g/mol. The minimum Gasteiger partial charge on any atom is -0.493 e. The normalized spacial score (nSPS) is 11.1. The second-order valence-corrected chi connectivity index (χ2v) is 8.32. The highest BCUT2D eigenvalue weighted by atomic mass is 16.5. The van der Waals surface area contributed by atoms with E-state index in [9.17, 15) is 19.8 Å². The van der Waals surface area contributed by atoms with E-state index < -0.39 is 11.9 Å². The Kier molecular flexibility index (Phi) is 12.5. The molecule has 0 saturated heterocycles. The van der Waals surface area contributed by atoms with E-state index in [1.54, 1.807) is 56.8 Å². The molecule has 0 atom stereocenters. The van der Waals surface area contributed by atoms with Crippen LogP contribution in [0, 0.1) is 0 Å². The Hall–Kier alpha value is -3.50. The lowest BCUT2D eigenvalue weighted by Gasteiger charge is -2.33. The Bertz CT molecular complexity index is 1060. The smallest absolute Gasteiger partial charge is 0.303 e. The number of carbonyl (C=O) groups excluding carboxylic acids is 1. The van der Waals surface area contributed by atoms with Crippen molar-refractivity contribution in [3.8, 4) is 17.1 Å². The average Bonchev–Trinajstić information content (AvgIpc) is 3.45. The van der Waals surface area contributed by atoms with E-state index in [4.69, 9.17) is 19.0 Å². The lowest BCUT2D eigenvalue weighted by atomic mass is 10.1. The molecule has 200 valence electrons. The molecule has 9 nitrogen and oxygen atoms in total. The molecule has 3 rings (SSSR count). The third-order valence-corrected chi connectivity index (χ3v) is 5.56. The van der Waals surface area contributed by atoms with Crippen molar-refractivity contribution in [2.24, 2.45) is 0 Å². The summed E-state index contributed by atoms with van der Waals surface area (Å²) in [6.45, 7) is 1.09. The molecule has 0 fully saturated rings. The summed E-state index contributed by atoms with van der Waals surface area (Å²) in [5.74, 6) is -1.76. The molecule has 0 radical (unpaired) electrons. The Morgan fingerprint density at radius 1 is 1.00 bits per heavy atom. The maximum atomic E-state index is 10.4. The number of hydrogen-bond acceptors (Lipinski definition) is 8. The van der Waals surface area contributed by atoms with Crippen molar-refractivity contribution in [3.63, 3.8) is 0 Å². The number of likely N-dealkylation sites (N-methyl/N-ethyl adjacent to an activating group) is 1. The van der Waals surface area contributed by atoms with Gasteiger partial charge in [-0.15, -0.1) is 0 Å². The Morgan fingerprint density at radius 3 is 2.35 bits per heavy atom. The first kappa shape index (κ1) is 29.7. The van der Waals surface area contributed by atoms with Crippen LogP contribution in [-0.4, -0.2) is 66.4 Å². The maximum Gasteiger partial charge on any atom is 0.303 e. The molecule has 0 bridgehead atoms. The van der Waals surface area contributed by atoms with E-state index in [1.165, 1.54) is 4.90 Å².